The van der Waals surface area contributed by atoms with Gasteiger partial charge in [-0.3, -0.25) is 9.97 Å². The third kappa shape index (κ3) is 1.31. The summed E-state index contributed by atoms with van der Waals surface area (Å²) in [5.41, 5.74) is 3.77. The van der Waals surface area contributed by atoms with Crippen molar-refractivity contribution in [2.75, 3.05) is 0 Å². The van der Waals surface area contributed by atoms with Gasteiger partial charge in [0.05, 0.1) is 26.8 Å². The Kier molecular flexibility index (Phi) is 1.70. The zero-order valence-electron chi connectivity index (χ0n) is 8.79. The summed E-state index contributed by atoms with van der Waals surface area (Å²) in [4.78, 5) is 13.4. The molecule has 3 aromatic heterocycles. The number of benzene rings is 1. The van der Waals surface area contributed by atoms with Crippen LogP contribution in [0, 0.1) is 0 Å². The Morgan fingerprint density at radius 1 is 0.882 bits per heavy atom. The molecule has 0 saturated carbocycles. The molecule has 3 nitrogen and oxygen atoms in total. The van der Waals surface area contributed by atoms with E-state index in [0.29, 0.717) is 0 Å². The second-order valence-electron chi connectivity index (χ2n) is 3.88. The molecular formula is C13H7N3S. The minimum absolute atomic E-state index is 0.889. The highest BCUT2D eigenvalue weighted by Crippen LogP contribution is 2.22. The number of aromatic nitrogens is 3. The molecule has 0 amide bonds. The fourth-order valence-corrected chi connectivity index (χ4v) is 2.67. The molecule has 0 spiro atoms. The summed E-state index contributed by atoms with van der Waals surface area (Å²) in [5.74, 6) is 0. The minimum atomic E-state index is 0.889. The minimum Gasteiger partial charge on any atom is -0.256 e. The molecule has 0 N–H and O–H groups in total. The van der Waals surface area contributed by atoms with Gasteiger partial charge in [0.25, 0.3) is 0 Å². The number of rotatable bonds is 0. The van der Waals surface area contributed by atoms with Crippen LogP contribution in [-0.2, 0) is 0 Å². The Hall–Kier alpha value is -2.07. The average Bonchev–Trinajstić information content (AvgIpc) is 2.92. The van der Waals surface area contributed by atoms with Gasteiger partial charge in [0.2, 0.25) is 0 Å². The molecule has 0 saturated heterocycles. The van der Waals surface area contributed by atoms with Crippen LogP contribution in [0.4, 0.5) is 0 Å². The van der Waals surface area contributed by atoms with Gasteiger partial charge >= 0.3 is 0 Å². The first-order valence-electron chi connectivity index (χ1n) is 5.29. The third-order valence-corrected chi connectivity index (χ3v) is 3.67. The van der Waals surface area contributed by atoms with Crippen molar-refractivity contribution in [3.63, 3.8) is 0 Å². The third-order valence-electron chi connectivity index (χ3n) is 2.83. The summed E-state index contributed by atoms with van der Waals surface area (Å²) in [6, 6.07) is 8.05. The highest BCUT2D eigenvalue weighted by molar-refractivity contribution is 7.17. The van der Waals surface area contributed by atoms with Crippen LogP contribution in [0.15, 0.2) is 42.0 Å². The lowest BCUT2D eigenvalue weighted by Crippen LogP contribution is -1.76. The molecule has 0 aliphatic carbocycles. The van der Waals surface area contributed by atoms with E-state index in [9.17, 15) is 0 Å². The summed E-state index contributed by atoms with van der Waals surface area (Å²) >= 11 is 1.66. The smallest absolute Gasteiger partial charge is 0.0908 e. The predicted molar refractivity (Wildman–Crippen MR) is 70.2 cm³/mol. The van der Waals surface area contributed by atoms with Gasteiger partial charge in [0.1, 0.15) is 0 Å². The Bertz CT molecular complexity index is 845. The van der Waals surface area contributed by atoms with E-state index >= 15 is 0 Å². The maximum atomic E-state index is 4.65. The molecule has 0 aliphatic rings. The molecule has 0 bridgehead atoms. The Balaban J connectivity index is 2.26. The van der Waals surface area contributed by atoms with E-state index in [1.54, 1.807) is 11.3 Å². The molecule has 4 rings (SSSR count). The van der Waals surface area contributed by atoms with E-state index in [1.807, 2.05) is 42.0 Å². The van der Waals surface area contributed by atoms with Gasteiger partial charge in [-0.1, -0.05) is 0 Å². The molecule has 0 atom stereocenters. The van der Waals surface area contributed by atoms with Crippen LogP contribution in [0.3, 0.4) is 0 Å². The van der Waals surface area contributed by atoms with E-state index in [1.165, 1.54) is 0 Å². The molecule has 0 unspecified atom stereocenters. The fourth-order valence-electron chi connectivity index (χ4n) is 1.98. The first-order valence-corrected chi connectivity index (χ1v) is 6.17. The van der Waals surface area contributed by atoms with Gasteiger partial charge in [-0.15, -0.1) is 11.3 Å². The van der Waals surface area contributed by atoms with Crippen molar-refractivity contribution < 1.29 is 0 Å². The quantitative estimate of drug-likeness (QED) is 0.470. The Morgan fingerprint density at radius 2 is 1.88 bits per heavy atom. The summed E-state index contributed by atoms with van der Waals surface area (Å²) < 4.78 is 1.11. The van der Waals surface area contributed by atoms with Gasteiger partial charge in [-0.25, -0.2) is 4.98 Å². The van der Waals surface area contributed by atoms with Crippen molar-refractivity contribution in [3.8, 4) is 0 Å². The lowest BCUT2D eigenvalue weighted by atomic mass is 10.2. The van der Waals surface area contributed by atoms with Crippen LogP contribution in [0.5, 0.6) is 0 Å². The summed E-state index contributed by atoms with van der Waals surface area (Å²) in [7, 11) is 0. The molecule has 0 radical (unpaired) electrons. The molecule has 17 heavy (non-hydrogen) atoms. The van der Waals surface area contributed by atoms with Crippen LogP contribution in [0.1, 0.15) is 0 Å². The summed E-state index contributed by atoms with van der Waals surface area (Å²) in [6.45, 7) is 0. The molecule has 1 aromatic carbocycles. The van der Waals surface area contributed by atoms with Gasteiger partial charge in [-0.05, 0) is 29.6 Å². The van der Waals surface area contributed by atoms with Crippen LogP contribution < -0.4 is 0 Å². The lowest BCUT2D eigenvalue weighted by molar-refractivity contribution is 1.44. The molecule has 3 heterocycles. The maximum Gasteiger partial charge on any atom is 0.0908 e. The number of thiophene rings is 1. The van der Waals surface area contributed by atoms with Crippen molar-refractivity contribution in [1.29, 1.82) is 0 Å². The fraction of sp³-hybridized carbons (Fsp3) is 0. The number of hydrogen-bond donors (Lipinski definition) is 0. The highest BCUT2D eigenvalue weighted by atomic mass is 32.1. The normalized spacial score (nSPS) is 11.5. The highest BCUT2D eigenvalue weighted by Gasteiger charge is 2.02. The van der Waals surface area contributed by atoms with E-state index in [4.69, 9.17) is 0 Å². The molecule has 4 heteroatoms. The van der Waals surface area contributed by atoms with E-state index in [-0.39, 0.29) is 0 Å². The van der Waals surface area contributed by atoms with E-state index in [0.717, 1.165) is 32.2 Å². The molecule has 0 aliphatic heterocycles. The second-order valence-corrected chi connectivity index (χ2v) is 4.83. The number of hydrogen-bond acceptors (Lipinski definition) is 4. The van der Waals surface area contributed by atoms with Crippen molar-refractivity contribution >= 4 is 43.5 Å². The van der Waals surface area contributed by atoms with E-state index < -0.39 is 0 Å². The first kappa shape index (κ1) is 9.01. The molecular weight excluding hydrogens is 230 g/mol. The largest absolute Gasteiger partial charge is 0.256 e. The van der Waals surface area contributed by atoms with Gasteiger partial charge < -0.3 is 0 Å². The van der Waals surface area contributed by atoms with Gasteiger partial charge in [-0.2, -0.15) is 0 Å². The predicted octanol–water partition coefficient (Wildman–Crippen LogP) is 3.39. The van der Waals surface area contributed by atoms with E-state index in [2.05, 4.69) is 15.0 Å². The second kappa shape index (κ2) is 3.21. The summed E-state index contributed by atoms with van der Waals surface area (Å²) in [5, 5.41) is 3.15. The number of fused-ring (bicyclic) bond motifs is 3. The first-order chi connectivity index (χ1) is 8.40. The average molecular weight is 237 g/mol. The molecule has 0 fully saturated rings. The van der Waals surface area contributed by atoms with Crippen LogP contribution >= 0.6 is 11.3 Å². The van der Waals surface area contributed by atoms with Crippen LogP contribution in [0.25, 0.3) is 32.2 Å². The molecule has 80 valence electrons. The van der Waals surface area contributed by atoms with Crippen LogP contribution in [-0.4, -0.2) is 15.0 Å². The van der Waals surface area contributed by atoms with Crippen molar-refractivity contribution in [2.45, 2.75) is 0 Å². The monoisotopic (exact) mass is 237 g/mol. The van der Waals surface area contributed by atoms with Crippen molar-refractivity contribution in [1.82, 2.24) is 15.0 Å². The Morgan fingerprint density at radius 3 is 2.88 bits per heavy atom. The van der Waals surface area contributed by atoms with Gasteiger partial charge in [0, 0.05) is 17.8 Å². The van der Waals surface area contributed by atoms with Crippen LogP contribution in [0.2, 0.25) is 0 Å². The summed E-state index contributed by atoms with van der Waals surface area (Å²) in [6.07, 6.45) is 3.69. The zero-order chi connectivity index (χ0) is 11.2. The maximum absolute atomic E-state index is 4.65. The Labute approximate surface area is 101 Å². The molecule has 4 aromatic rings. The standard InChI is InChI=1S/C13H7N3S/c1-3-14-10-6-11-12(5-8(1)10)16-9-2-4-17-13(9)7-15-11/h1-7H. The van der Waals surface area contributed by atoms with Crippen molar-refractivity contribution in [2.24, 2.45) is 0 Å². The SMILES string of the molecule is c1cc2cc3nc4ccsc4cnc3cc2n1. The lowest BCUT2D eigenvalue weighted by Gasteiger charge is -1.91. The zero-order valence-corrected chi connectivity index (χ0v) is 9.61. The van der Waals surface area contributed by atoms with Crippen molar-refractivity contribution in [3.05, 3.63) is 42.0 Å². The topological polar surface area (TPSA) is 38.7 Å². The number of nitrogens with zero attached hydrogens (tertiary/aromatic N) is 3. The van der Waals surface area contributed by atoms with Gasteiger partial charge in [0.15, 0.2) is 0 Å².